The Labute approximate surface area is 70.8 Å². The molecule has 2 heterocycles. The van der Waals surface area contributed by atoms with E-state index in [-0.39, 0.29) is 5.91 Å². The third kappa shape index (κ3) is 1.30. The molecule has 0 bridgehead atoms. The lowest BCUT2D eigenvalue weighted by atomic mass is 10.6. The highest BCUT2D eigenvalue weighted by atomic mass is 16.2. The molecule has 1 aromatic rings. The van der Waals surface area contributed by atoms with Crippen LogP contribution in [0.5, 0.6) is 0 Å². The monoisotopic (exact) mass is 168 g/mol. The van der Waals surface area contributed by atoms with Crippen LogP contribution >= 0.6 is 0 Å². The van der Waals surface area contributed by atoms with Gasteiger partial charge in [0.1, 0.15) is 12.4 Å². The summed E-state index contributed by atoms with van der Waals surface area (Å²) in [5, 5.41) is 10.1. The lowest BCUT2D eigenvalue weighted by molar-refractivity contribution is -0.115. The van der Waals surface area contributed by atoms with Crippen LogP contribution in [0.2, 0.25) is 0 Å². The van der Waals surface area contributed by atoms with E-state index in [1.165, 1.54) is 0 Å². The molecule has 0 unspecified atom stereocenters. The van der Waals surface area contributed by atoms with Gasteiger partial charge in [0.2, 0.25) is 11.9 Å². The number of carbonyl (C=O) groups is 1. The van der Waals surface area contributed by atoms with Crippen LogP contribution in [0.1, 0.15) is 19.7 Å². The van der Waals surface area contributed by atoms with Gasteiger partial charge in [-0.25, -0.2) is 0 Å². The summed E-state index contributed by atoms with van der Waals surface area (Å²) < 4.78 is 1.74. The van der Waals surface area contributed by atoms with Crippen LogP contribution in [0.25, 0.3) is 0 Å². The standard InChI is InChI=1S/C5H6N4O.C2H6/c1-3-7-8-5-6-4(10)2-9(3)5;1-2/h2H2,1H3,(H,6,8,10);1-2H3. The molecule has 5 heteroatoms. The minimum Gasteiger partial charge on any atom is -0.293 e. The molecule has 1 aliphatic rings. The van der Waals surface area contributed by atoms with E-state index in [9.17, 15) is 4.79 Å². The number of amides is 1. The van der Waals surface area contributed by atoms with Gasteiger partial charge >= 0.3 is 0 Å². The molecule has 0 saturated carbocycles. The van der Waals surface area contributed by atoms with Gasteiger partial charge in [-0.05, 0) is 6.92 Å². The van der Waals surface area contributed by atoms with E-state index in [1.807, 2.05) is 20.8 Å². The van der Waals surface area contributed by atoms with E-state index in [0.29, 0.717) is 12.5 Å². The SMILES string of the molecule is CC.Cc1nnc2n1CC(=O)N2. The Kier molecular flexibility index (Phi) is 2.42. The number of nitrogens with one attached hydrogen (secondary N) is 1. The van der Waals surface area contributed by atoms with Crippen LogP contribution in [0.3, 0.4) is 0 Å². The second-order valence-electron chi connectivity index (χ2n) is 2.21. The smallest absolute Gasteiger partial charge is 0.246 e. The number of aryl methyl sites for hydroxylation is 1. The van der Waals surface area contributed by atoms with Crippen molar-refractivity contribution < 1.29 is 4.79 Å². The zero-order valence-corrected chi connectivity index (χ0v) is 7.46. The van der Waals surface area contributed by atoms with Crippen molar-refractivity contribution in [1.29, 1.82) is 0 Å². The molecular formula is C7H12N4O. The van der Waals surface area contributed by atoms with Crippen LogP contribution in [0.4, 0.5) is 5.95 Å². The van der Waals surface area contributed by atoms with Gasteiger partial charge in [0.05, 0.1) is 0 Å². The summed E-state index contributed by atoms with van der Waals surface area (Å²) in [5.74, 6) is 1.31. The zero-order valence-electron chi connectivity index (χ0n) is 7.46. The van der Waals surface area contributed by atoms with Crippen molar-refractivity contribution in [2.75, 3.05) is 5.32 Å². The molecule has 0 atom stereocenters. The fourth-order valence-electron chi connectivity index (χ4n) is 0.971. The quantitative estimate of drug-likeness (QED) is 0.616. The topological polar surface area (TPSA) is 59.8 Å². The van der Waals surface area contributed by atoms with Crippen LogP contribution in [-0.4, -0.2) is 20.7 Å². The Morgan fingerprint density at radius 2 is 2.08 bits per heavy atom. The molecule has 66 valence electrons. The zero-order chi connectivity index (χ0) is 9.14. The molecular weight excluding hydrogens is 156 g/mol. The Balaban J connectivity index is 0.000000336. The van der Waals surface area contributed by atoms with Crippen LogP contribution in [0, 0.1) is 6.92 Å². The Bertz CT molecular complexity index is 292. The highest BCUT2D eigenvalue weighted by molar-refractivity contribution is 5.92. The van der Waals surface area contributed by atoms with Crippen molar-refractivity contribution in [3.63, 3.8) is 0 Å². The Hall–Kier alpha value is -1.39. The summed E-state index contributed by atoms with van der Waals surface area (Å²) in [6.45, 7) is 6.17. The predicted molar refractivity (Wildman–Crippen MR) is 44.7 cm³/mol. The van der Waals surface area contributed by atoms with E-state index in [0.717, 1.165) is 5.82 Å². The molecule has 1 aliphatic heterocycles. The van der Waals surface area contributed by atoms with Crippen molar-refractivity contribution >= 4 is 11.9 Å². The summed E-state index contributed by atoms with van der Waals surface area (Å²) in [4.78, 5) is 10.7. The van der Waals surface area contributed by atoms with Gasteiger partial charge in [-0.2, -0.15) is 0 Å². The first-order chi connectivity index (χ1) is 5.77. The molecule has 0 aromatic carbocycles. The third-order valence-electron chi connectivity index (χ3n) is 1.49. The summed E-state index contributed by atoms with van der Waals surface area (Å²) >= 11 is 0. The maximum Gasteiger partial charge on any atom is 0.246 e. The van der Waals surface area contributed by atoms with Gasteiger partial charge in [0.15, 0.2) is 0 Å². The predicted octanol–water partition coefficient (Wildman–Crippen LogP) is 0.565. The summed E-state index contributed by atoms with van der Waals surface area (Å²) in [5.41, 5.74) is 0. The second-order valence-corrected chi connectivity index (χ2v) is 2.21. The summed E-state index contributed by atoms with van der Waals surface area (Å²) in [7, 11) is 0. The fourth-order valence-corrected chi connectivity index (χ4v) is 0.971. The molecule has 1 aromatic heterocycles. The maximum atomic E-state index is 10.7. The van der Waals surface area contributed by atoms with E-state index < -0.39 is 0 Å². The van der Waals surface area contributed by atoms with Gasteiger partial charge in [-0.3, -0.25) is 14.7 Å². The average molecular weight is 168 g/mol. The van der Waals surface area contributed by atoms with E-state index >= 15 is 0 Å². The first kappa shape index (κ1) is 8.70. The number of hydrogen-bond acceptors (Lipinski definition) is 3. The normalized spacial score (nSPS) is 13.1. The lowest BCUT2D eigenvalue weighted by Gasteiger charge is -1.89. The number of rotatable bonds is 0. The highest BCUT2D eigenvalue weighted by Crippen LogP contribution is 2.12. The first-order valence-corrected chi connectivity index (χ1v) is 3.97. The molecule has 5 nitrogen and oxygen atoms in total. The molecule has 1 N–H and O–H groups in total. The van der Waals surface area contributed by atoms with Crippen molar-refractivity contribution in [3.8, 4) is 0 Å². The number of aromatic nitrogens is 3. The van der Waals surface area contributed by atoms with Crippen molar-refractivity contribution in [1.82, 2.24) is 14.8 Å². The van der Waals surface area contributed by atoms with Crippen molar-refractivity contribution in [2.45, 2.75) is 27.3 Å². The van der Waals surface area contributed by atoms with Crippen molar-refractivity contribution in [3.05, 3.63) is 5.82 Å². The second kappa shape index (κ2) is 3.34. The number of carbonyl (C=O) groups excluding carboxylic acids is 1. The van der Waals surface area contributed by atoms with E-state index in [4.69, 9.17) is 0 Å². The number of fused-ring (bicyclic) bond motifs is 1. The van der Waals surface area contributed by atoms with E-state index in [2.05, 4.69) is 15.5 Å². The van der Waals surface area contributed by atoms with Crippen molar-refractivity contribution in [2.24, 2.45) is 0 Å². The average Bonchev–Trinajstić information content (AvgIpc) is 2.58. The molecule has 1 amide bonds. The first-order valence-electron chi connectivity index (χ1n) is 3.97. The lowest BCUT2D eigenvalue weighted by Crippen LogP contribution is -2.07. The van der Waals surface area contributed by atoms with E-state index in [1.54, 1.807) is 4.57 Å². The Morgan fingerprint density at radius 3 is 2.67 bits per heavy atom. The van der Waals surface area contributed by atoms with Gasteiger partial charge in [0.25, 0.3) is 0 Å². The largest absolute Gasteiger partial charge is 0.293 e. The Morgan fingerprint density at radius 1 is 1.42 bits per heavy atom. The molecule has 12 heavy (non-hydrogen) atoms. The van der Waals surface area contributed by atoms with Gasteiger partial charge in [-0.1, -0.05) is 13.8 Å². The van der Waals surface area contributed by atoms with Gasteiger partial charge in [-0.15, -0.1) is 10.2 Å². The molecule has 2 rings (SSSR count). The maximum absolute atomic E-state index is 10.7. The van der Waals surface area contributed by atoms with Gasteiger partial charge in [0, 0.05) is 0 Å². The van der Waals surface area contributed by atoms with Crippen LogP contribution in [0.15, 0.2) is 0 Å². The minimum absolute atomic E-state index is 0.0204. The molecule has 0 spiro atoms. The third-order valence-corrected chi connectivity index (χ3v) is 1.49. The summed E-state index contributed by atoms with van der Waals surface area (Å²) in [6.07, 6.45) is 0. The van der Waals surface area contributed by atoms with Gasteiger partial charge < -0.3 is 0 Å². The minimum atomic E-state index is -0.0204. The molecule has 0 aliphatic carbocycles. The molecule has 0 fully saturated rings. The van der Waals surface area contributed by atoms with Crippen LogP contribution in [-0.2, 0) is 11.3 Å². The van der Waals surface area contributed by atoms with Crippen LogP contribution < -0.4 is 5.32 Å². The fraction of sp³-hybridized carbons (Fsp3) is 0.571. The number of anilines is 1. The summed E-state index contributed by atoms with van der Waals surface area (Å²) in [6, 6.07) is 0. The number of hydrogen-bond donors (Lipinski definition) is 1. The highest BCUT2D eigenvalue weighted by Gasteiger charge is 2.20. The number of nitrogens with zero attached hydrogens (tertiary/aromatic N) is 3. The molecule has 0 radical (unpaired) electrons. The molecule has 0 saturated heterocycles.